The predicted octanol–water partition coefficient (Wildman–Crippen LogP) is 5.00. The van der Waals surface area contributed by atoms with Gasteiger partial charge in [-0.15, -0.1) is 11.8 Å². The van der Waals surface area contributed by atoms with E-state index >= 15 is 0 Å². The molecule has 0 saturated heterocycles. The number of fused-ring (bicyclic) bond motifs is 1. The van der Waals surface area contributed by atoms with Crippen LogP contribution in [0.4, 0.5) is 5.69 Å². The molecule has 1 N–H and O–H groups in total. The van der Waals surface area contributed by atoms with Crippen LogP contribution in [0.25, 0.3) is 16.7 Å². The standard InChI is InChI=1S/C21H17N3OS/c1-26-18-12-8-16(9-13-18)23-21(25)15-6-10-17(11-7-15)24-14-22-19-4-2-3-5-20(19)24/h2-14H,1H3,(H,23,25). The van der Waals surface area contributed by atoms with Crippen molar-refractivity contribution in [1.82, 2.24) is 9.55 Å². The zero-order valence-electron chi connectivity index (χ0n) is 14.2. The van der Waals surface area contributed by atoms with Gasteiger partial charge in [0.25, 0.3) is 5.91 Å². The van der Waals surface area contributed by atoms with Crippen molar-refractivity contribution in [3.05, 3.63) is 84.7 Å². The smallest absolute Gasteiger partial charge is 0.255 e. The Balaban J connectivity index is 1.54. The van der Waals surface area contributed by atoms with E-state index in [4.69, 9.17) is 0 Å². The third-order valence-corrected chi connectivity index (χ3v) is 4.95. The van der Waals surface area contributed by atoms with Crippen molar-refractivity contribution in [1.29, 1.82) is 0 Å². The minimum Gasteiger partial charge on any atom is -0.322 e. The number of benzene rings is 3. The largest absolute Gasteiger partial charge is 0.322 e. The molecule has 0 aliphatic carbocycles. The summed E-state index contributed by atoms with van der Waals surface area (Å²) in [6, 6.07) is 23.3. The number of thioether (sulfide) groups is 1. The Kier molecular flexibility index (Phi) is 4.46. The van der Waals surface area contributed by atoms with Crippen LogP contribution in [0.15, 0.2) is 84.0 Å². The number of nitrogens with zero attached hydrogens (tertiary/aromatic N) is 2. The minimum atomic E-state index is -0.121. The third-order valence-electron chi connectivity index (χ3n) is 4.21. The number of aromatic nitrogens is 2. The van der Waals surface area contributed by atoms with Crippen molar-refractivity contribution < 1.29 is 4.79 Å². The number of para-hydroxylation sites is 2. The van der Waals surface area contributed by atoms with Crippen LogP contribution in [-0.4, -0.2) is 21.7 Å². The lowest BCUT2D eigenvalue weighted by Crippen LogP contribution is -2.11. The van der Waals surface area contributed by atoms with E-state index in [1.165, 1.54) is 4.90 Å². The summed E-state index contributed by atoms with van der Waals surface area (Å²) < 4.78 is 2.01. The maximum atomic E-state index is 12.4. The molecular formula is C21H17N3OS. The fraction of sp³-hybridized carbons (Fsp3) is 0.0476. The molecule has 1 heterocycles. The van der Waals surface area contributed by atoms with Crippen LogP contribution in [-0.2, 0) is 0 Å². The molecule has 1 amide bonds. The lowest BCUT2D eigenvalue weighted by Gasteiger charge is -2.08. The monoisotopic (exact) mass is 359 g/mol. The van der Waals surface area contributed by atoms with Gasteiger partial charge >= 0.3 is 0 Å². The molecule has 0 aliphatic rings. The first-order chi connectivity index (χ1) is 12.7. The number of anilines is 1. The van der Waals surface area contributed by atoms with Gasteiger partial charge in [0.2, 0.25) is 0 Å². The highest BCUT2D eigenvalue weighted by molar-refractivity contribution is 7.98. The SMILES string of the molecule is CSc1ccc(NC(=O)c2ccc(-n3cnc4ccccc43)cc2)cc1. The second-order valence-corrected chi connectivity index (χ2v) is 6.71. The first kappa shape index (κ1) is 16.4. The first-order valence-electron chi connectivity index (χ1n) is 8.22. The number of imidazole rings is 1. The van der Waals surface area contributed by atoms with Crippen molar-refractivity contribution in [3.8, 4) is 5.69 Å². The van der Waals surface area contributed by atoms with Crippen molar-refractivity contribution in [2.75, 3.05) is 11.6 Å². The Hall–Kier alpha value is -3.05. The summed E-state index contributed by atoms with van der Waals surface area (Å²) in [5, 5.41) is 2.93. The Morgan fingerprint density at radius 3 is 2.42 bits per heavy atom. The molecule has 26 heavy (non-hydrogen) atoms. The summed E-state index contributed by atoms with van der Waals surface area (Å²) in [6.07, 6.45) is 3.83. The van der Waals surface area contributed by atoms with Crippen LogP contribution in [0.3, 0.4) is 0 Å². The molecule has 0 bridgehead atoms. The third kappa shape index (κ3) is 3.21. The second kappa shape index (κ2) is 7.06. The summed E-state index contributed by atoms with van der Waals surface area (Å²) in [7, 11) is 0. The van der Waals surface area contributed by atoms with Crippen LogP contribution in [0.2, 0.25) is 0 Å². The Bertz CT molecular complexity index is 1050. The number of hydrogen-bond donors (Lipinski definition) is 1. The normalized spacial score (nSPS) is 10.8. The average Bonchev–Trinajstić information content (AvgIpc) is 3.13. The van der Waals surface area contributed by atoms with E-state index < -0.39 is 0 Å². The molecule has 0 saturated carbocycles. The molecule has 0 aliphatic heterocycles. The fourth-order valence-corrected chi connectivity index (χ4v) is 3.22. The van der Waals surface area contributed by atoms with Gasteiger partial charge in [-0.05, 0) is 66.9 Å². The molecule has 4 rings (SSSR count). The molecular weight excluding hydrogens is 342 g/mol. The van der Waals surface area contributed by atoms with E-state index in [-0.39, 0.29) is 5.91 Å². The van der Waals surface area contributed by atoms with Gasteiger partial charge in [-0.25, -0.2) is 4.98 Å². The molecule has 0 radical (unpaired) electrons. The van der Waals surface area contributed by atoms with Gasteiger partial charge in [0, 0.05) is 21.8 Å². The molecule has 3 aromatic carbocycles. The van der Waals surface area contributed by atoms with Gasteiger partial charge in [0.05, 0.1) is 11.0 Å². The fourth-order valence-electron chi connectivity index (χ4n) is 2.82. The van der Waals surface area contributed by atoms with Crippen molar-refractivity contribution >= 4 is 34.4 Å². The molecule has 4 nitrogen and oxygen atoms in total. The zero-order valence-corrected chi connectivity index (χ0v) is 15.0. The highest BCUT2D eigenvalue weighted by Gasteiger charge is 2.08. The van der Waals surface area contributed by atoms with E-state index in [0.717, 1.165) is 22.4 Å². The van der Waals surface area contributed by atoms with Crippen LogP contribution in [0.1, 0.15) is 10.4 Å². The molecule has 5 heteroatoms. The number of rotatable bonds is 4. The van der Waals surface area contributed by atoms with Gasteiger partial charge in [-0.2, -0.15) is 0 Å². The highest BCUT2D eigenvalue weighted by atomic mass is 32.2. The van der Waals surface area contributed by atoms with Gasteiger partial charge < -0.3 is 5.32 Å². The predicted molar refractivity (Wildman–Crippen MR) is 107 cm³/mol. The topological polar surface area (TPSA) is 46.9 Å². The number of carbonyl (C=O) groups is 1. The summed E-state index contributed by atoms with van der Waals surface area (Å²) in [6.45, 7) is 0. The molecule has 0 spiro atoms. The maximum Gasteiger partial charge on any atom is 0.255 e. The summed E-state index contributed by atoms with van der Waals surface area (Å²) in [5.74, 6) is -0.121. The van der Waals surface area contributed by atoms with Gasteiger partial charge in [-0.3, -0.25) is 9.36 Å². The van der Waals surface area contributed by atoms with Crippen molar-refractivity contribution in [2.24, 2.45) is 0 Å². The summed E-state index contributed by atoms with van der Waals surface area (Å²) in [4.78, 5) is 18.0. The van der Waals surface area contributed by atoms with Crippen LogP contribution in [0, 0.1) is 0 Å². The van der Waals surface area contributed by atoms with Crippen LogP contribution >= 0.6 is 11.8 Å². The number of amides is 1. The lowest BCUT2D eigenvalue weighted by atomic mass is 10.2. The maximum absolute atomic E-state index is 12.4. The molecule has 1 aromatic heterocycles. The van der Waals surface area contributed by atoms with E-state index in [1.807, 2.05) is 83.6 Å². The Labute approximate surface area is 155 Å². The van der Waals surface area contributed by atoms with Crippen LogP contribution < -0.4 is 5.32 Å². The number of carbonyl (C=O) groups excluding carboxylic acids is 1. The van der Waals surface area contributed by atoms with E-state index in [0.29, 0.717) is 5.56 Å². The molecule has 0 fully saturated rings. The quantitative estimate of drug-likeness (QED) is 0.522. The van der Waals surface area contributed by atoms with Crippen LogP contribution in [0.5, 0.6) is 0 Å². The minimum absolute atomic E-state index is 0.121. The first-order valence-corrected chi connectivity index (χ1v) is 9.45. The second-order valence-electron chi connectivity index (χ2n) is 5.83. The molecule has 4 aromatic rings. The van der Waals surface area contributed by atoms with E-state index in [9.17, 15) is 4.79 Å². The number of nitrogens with one attached hydrogen (secondary N) is 1. The average molecular weight is 359 g/mol. The Morgan fingerprint density at radius 2 is 1.69 bits per heavy atom. The van der Waals surface area contributed by atoms with Crippen molar-refractivity contribution in [2.45, 2.75) is 4.90 Å². The van der Waals surface area contributed by atoms with Crippen molar-refractivity contribution in [3.63, 3.8) is 0 Å². The van der Waals surface area contributed by atoms with Gasteiger partial charge in [0.1, 0.15) is 6.33 Å². The highest BCUT2D eigenvalue weighted by Crippen LogP contribution is 2.20. The van der Waals surface area contributed by atoms with Gasteiger partial charge in [0.15, 0.2) is 0 Å². The lowest BCUT2D eigenvalue weighted by molar-refractivity contribution is 0.102. The Morgan fingerprint density at radius 1 is 0.962 bits per heavy atom. The van der Waals surface area contributed by atoms with E-state index in [2.05, 4.69) is 10.3 Å². The zero-order chi connectivity index (χ0) is 17.9. The molecule has 0 unspecified atom stereocenters. The molecule has 0 atom stereocenters. The van der Waals surface area contributed by atoms with E-state index in [1.54, 1.807) is 18.1 Å². The summed E-state index contributed by atoms with van der Waals surface area (Å²) >= 11 is 1.67. The number of hydrogen-bond acceptors (Lipinski definition) is 3. The molecule has 128 valence electrons. The summed E-state index contributed by atoms with van der Waals surface area (Å²) in [5.41, 5.74) is 4.37. The van der Waals surface area contributed by atoms with Gasteiger partial charge in [-0.1, -0.05) is 12.1 Å².